The molecule has 1 aliphatic rings. The molecule has 0 amide bonds. The van der Waals surface area contributed by atoms with Crippen molar-refractivity contribution in [1.82, 2.24) is 0 Å². The summed E-state index contributed by atoms with van der Waals surface area (Å²) < 4.78 is 5.57. The lowest BCUT2D eigenvalue weighted by Gasteiger charge is -2.22. The minimum absolute atomic E-state index is 0.107. The number of benzene rings is 2. The molecule has 3 rings (SSSR count). The molecule has 1 unspecified atom stereocenters. The smallest absolute Gasteiger partial charge is 0.309 e. The number of hydrogen-bond donors (Lipinski definition) is 0. The predicted octanol–water partition coefficient (Wildman–Crippen LogP) is 4.11. The molecule has 0 saturated heterocycles. The zero-order chi connectivity index (χ0) is 13.4. The summed E-state index contributed by atoms with van der Waals surface area (Å²) >= 11 is 0. The van der Waals surface area contributed by atoms with Crippen LogP contribution in [0.4, 0.5) is 0 Å². The van der Waals surface area contributed by atoms with E-state index in [1.807, 2.05) is 44.2 Å². The summed E-state index contributed by atoms with van der Waals surface area (Å²) in [6.45, 7) is 3.70. The van der Waals surface area contributed by atoms with Crippen molar-refractivity contribution in [3.63, 3.8) is 0 Å². The van der Waals surface area contributed by atoms with Gasteiger partial charge in [0.25, 0.3) is 0 Å². The Morgan fingerprint density at radius 2 is 1.89 bits per heavy atom. The SMILES string of the molecule is CC(C)C(=O)OC1C=Cc2cccc3cccc1c23. The largest absolute Gasteiger partial charge is 0.453 e. The molecule has 1 atom stereocenters. The Balaban J connectivity index is 2.07. The van der Waals surface area contributed by atoms with E-state index in [0.29, 0.717) is 0 Å². The Hall–Kier alpha value is -2.09. The second-order valence-corrected chi connectivity index (χ2v) is 5.16. The van der Waals surface area contributed by atoms with Gasteiger partial charge in [0, 0.05) is 5.56 Å². The monoisotopic (exact) mass is 252 g/mol. The summed E-state index contributed by atoms with van der Waals surface area (Å²) in [5.41, 5.74) is 2.26. The number of carbonyl (C=O) groups is 1. The molecule has 0 saturated carbocycles. The van der Waals surface area contributed by atoms with Crippen LogP contribution in [-0.4, -0.2) is 5.97 Å². The molecular weight excluding hydrogens is 236 g/mol. The molecule has 0 fully saturated rings. The third-order valence-electron chi connectivity index (χ3n) is 3.44. The second kappa shape index (κ2) is 4.54. The minimum Gasteiger partial charge on any atom is -0.453 e. The molecule has 2 aromatic rings. The van der Waals surface area contributed by atoms with E-state index in [0.717, 1.165) is 5.56 Å². The van der Waals surface area contributed by atoms with Crippen LogP contribution in [0, 0.1) is 5.92 Å². The van der Waals surface area contributed by atoms with Gasteiger partial charge in [-0.2, -0.15) is 0 Å². The Kier molecular flexibility index (Phi) is 2.86. The van der Waals surface area contributed by atoms with E-state index in [2.05, 4.69) is 18.2 Å². The molecule has 2 nitrogen and oxygen atoms in total. The lowest BCUT2D eigenvalue weighted by Crippen LogP contribution is -2.16. The van der Waals surface area contributed by atoms with Crippen molar-refractivity contribution in [1.29, 1.82) is 0 Å². The number of rotatable bonds is 2. The Morgan fingerprint density at radius 1 is 1.16 bits per heavy atom. The first kappa shape index (κ1) is 12.0. The summed E-state index contributed by atoms with van der Waals surface area (Å²) in [7, 11) is 0. The quantitative estimate of drug-likeness (QED) is 0.752. The number of hydrogen-bond acceptors (Lipinski definition) is 2. The molecule has 96 valence electrons. The van der Waals surface area contributed by atoms with E-state index < -0.39 is 0 Å². The Morgan fingerprint density at radius 3 is 2.63 bits per heavy atom. The lowest BCUT2D eigenvalue weighted by atomic mass is 9.91. The number of ether oxygens (including phenoxy) is 1. The van der Waals surface area contributed by atoms with Crippen LogP contribution in [0.5, 0.6) is 0 Å². The molecule has 0 radical (unpaired) electrons. The highest BCUT2D eigenvalue weighted by Crippen LogP contribution is 2.35. The highest BCUT2D eigenvalue weighted by atomic mass is 16.5. The fourth-order valence-corrected chi connectivity index (χ4v) is 2.43. The molecule has 0 heterocycles. The van der Waals surface area contributed by atoms with Crippen LogP contribution in [0.3, 0.4) is 0 Å². The van der Waals surface area contributed by atoms with Gasteiger partial charge in [-0.3, -0.25) is 4.79 Å². The van der Waals surface area contributed by atoms with Gasteiger partial charge in [-0.15, -0.1) is 0 Å². The van der Waals surface area contributed by atoms with Crippen molar-refractivity contribution >= 4 is 22.8 Å². The summed E-state index contributed by atoms with van der Waals surface area (Å²) in [5, 5.41) is 2.37. The van der Waals surface area contributed by atoms with Crippen LogP contribution in [-0.2, 0) is 9.53 Å². The molecule has 0 aromatic heterocycles. The van der Waals surface area contributed by atoms with Crippen molar-refractivity contribution in [3.8, 4) is 0 Å². The van der Waals surface area contributed by atoms with Gasteiger partial charge in [0.15, 0.2) is 0 Å². The van der Waals surface area contributed by atoms with Crippen LogP contribution in [0.2, 0.25) is 0 Å². The molecule has 0 spiro atoms. The fourth-order valence-electron chi connectivity index (χ4n) is 2.43. The average Bonchev–Trinajstić information content (AvgIpc) is 2.42. The molecule has 2 aromatic carbocycles. The molecule has 0 bridgehead atoms. The standard InChI is InChI=1S/C17H16O2/c1-11(2)17(18)19-15-10-9-13-6-3-5-12-7-4-8-14(15)16(12)13/h3-11,15H,1-2H3. The van der Waals surface area contributed by atoms with Gasteiger partial charge in [-0.1, -0.05) is 56.3 Å². The van der Waals surface area contributed by atoms with E-state index in [4.69, 9.17) is 4.74 Å². The molecule has 2 heteroatoms. The Labute approximate surface area is 112 Å². The van der Waals surface area contributed by atoms with Crippen molar-refractivity contribution < 1.29 is 9.53 Å². The molecule has 1 aliphatic carbocycles. The number of carbonyl (C=O) groups excluding carboxylic acids is 1. The van der Waals surface area contributed by atoms with E-state index in [9.17, 15) is 4.79 Å². The van der Waals surface area contributed by atoms with Crippen molar-refractivity contribution in [2.24, 2.45) is 5.92 Å². The van der Waals surface area contributed by atoms with Crippen LogP contribution in [0.1, 0.15) is 31.1 Å². The summed E-state index contributed by atoms with van der Waals surface area (Å²) in [5.74, 6) is -0.268. The third kappa shape index (κ3) is 2.03. The van der Waals surface area contributed by atoms with E-state index in [1.54, 1.807) is 0 Å². The van der Waals surface area contributed by atoms with E-state index >= 15 is 0 Å². The van der Waals surface area contributed by atoms with E-state index in [-0.39, 0.29) is 18.0 Å². The van der Waals surface area contributed by atoms with Gasteiger partial charge in [-0.25, -0.2) is 0 Å². The van der Waals surface area contributed by atoms with Crippen molar-refractivity contribution in [2.75, 3.05) is 0 Å². The molecular formula is C17H16O2. The van der Waals surface area contributed by atoms with Crippen molar-refractivity contribution in [2.45, 2.75) is 20.0 Å². The molecule has 19 heavy (non-hydrogen) atoms. The maximum absolute atomic E-state index is 11.8. The average molecular weight is 252 g/mol. The molecule has 0 N–H and O–H groups in total. The maximum atomic E-state index is 11.8. The zero-order valence-electron chi connectivity index (χ0n) is 11.1. The number of esters is 1. The van der Waals surface area contributed by atoms with Crippen molar-refractivity contribution in [3.05, 3.63) is 53.6 Å². The lowest BCUT2D eigenvalue weighted by molar-refractivity contribution is -0.150. The maximum Gasteiger partial charge on any atom is 0.309 e. The van der Waals surface area contributed by atoms with Gasteiger partial charge in [0.05, 0.1) is 5.92 Å². The van der Waals surface area contributed by atoms with Crippen LogP contribution in [0.25, 0.3) is 16.8 Å². The van der Waals surface area contributed by atoms with Gasteiger partial charge in [0.1, 0.15) is 6.10 Å². The van der Waals surface area contributed by atoms with Gasteiger partial charge in [-0.05, 0) is 22.4 Å². The van der Waals surface area contributed by atoms with E-state index in [1.165, 1.54) is 16.3 Å². The third-order valence-corrected chi connectivity index (χ3v) is 3.44. The predicted molar refractivity (Wildman–Crippen MR) is 76.7 cm³/mol. The zero-order valence-corrected chi connectivity index (χ0v) is 11.1. The first-order chi connectivity index (χ1) is 9.16. The molecule has 0 aliphatic heterocycles. The first-order valence-corrected chi connectivity index (χ1v) is 6.57. The van der Waals surface area contributed by atoms with Gasteiger partial charge < -0.3 is 4.74 Å². The minimum atomic E-state index is -0.270. The van der Waals surface area contributed by atoms with Crippen LogP contribution in [0.15, 0.2) is 42.5 Å². The fraction of sp³-hybridized carbons (Fsp3) is 0.235. The summed E-state index contributed by atoms with van der Waals surface area (Å²) in [6, 6.07) is 12.4. The normalized spacial score (nSPS) is 16.9. The van der Waals surface area contributed by atoms with Crippen LogP contribution >= 0.6 is 0 Å². The highest BCUT2D eigenvalue weighted by Gasteiger charge is 2.21. The topological polar surface area (TPSA) is 26.3 Å². The van der Waals surface area contributed by atoms with Crippen LogP contribution < -0.4 is 0 Å². The first-order valence-electron chi connectivity index (χ1n) is 6.57. The van der Waals surface area contributed by atoms with Gasteiger partial charge >= 0.3 is 5.97 Å². The highest BCUT2D eigenvalue weighted by molar-refractivity contribution is 5.95. The van der Waals surface area contributed by atoms with Gasteiger partial charge in [0.2, 0.25) is 0 Å². The Bertz CT molecular complexity index is 663. The summed E-state index contributed by atoms with van der Waals surface area (Å²) in [4.78, 5) is 11.8. The summed E-state index contributed by atoms with van der Waals surface area (Å²) in [6.07, 6.45) is 3.72. The second-order valence-electron chi connectivity index (χ2n) is 5.16.